The Morgan fingerprint density at radius 2 is 2.06 bits per heavy atom. The predicted octanol–water partition coefficient (Wildman–Crippen LogP) is 1.73. The lowest BCUT2D eigenvalue weighted by Crippen LogP contribution is -2.26. The molecule has 0 aliphatic heterocycles. The van der Waals surface area contributed by atoms with Crippen molar-refractivity contribution in [3.63, 3.8) is 0 Å². The van der Waals surface area contributed by atoms with Gasteiger partial charge in [-0.25, -0.2) is 0 Å². The molecule has 0 N–H and O–H groups in total. The lowest BCUT2D eigenvalue weighted by molar-refractivity contribution is -0.141. The van der Waals surface area contributed by atoms with Gasteiger partial charge in [0.15, 0.2) is 0 Å². The number of carbonyl (C=O) groups excluding carboxylic acids is 1. The van der Waals surface area contributed by atoms with Gasteiger partial charge in [-0.05, 0) is 25.0 Å². The van der Waals surface area contributed by atoms with Crippen LogP contribution in [0.25, 0.3) is 0 Å². The van der Waals surface area contributed by atoms with Gasteiger partial charge in [-0.1, -0.05) is 12.5 Å². The van der Waals surface area contributed by atoms with Gasteiger partial charge in [0, 0.05) is 6.07 Å². The molecule has 98 valence electrons. The van der Waals surface area contributed by atoms with Gasteiger partial charge in [0.2, 0.25) is 0 Å². The molecule has 1 aromatic carbocycles. The summed E-state index contributed by atoms with van der Waals surface area (Å²) in [6, 6.07) is 5.84. The highest BCUT2D eigenvalue weighted by molar-refractivity contribution is 7.87. The normalized spacial score (nSPS) is 15.8. The van der Waals surface area contributed by atoms with Gasteiger partial charge in [0.25, 0.3) is 0 Å². The van der Waals surface area contributed by atoms with Crippen molar-refractivity contribution in [1.29, 1.82) is 0 Å². The van der Waals surface area contributed by atoms with E-state index < -0.39 is 16.1 Å². The van der Waals surface area contributed by atoms with Gasteiger partial charge in [-0.15, -0.1) is 0 Å². The van der Waals surface area contributed by atoms with E-state index in [0.717, 1.165) is 6.42 Å². The van der Waals surface area contributed by atoms with Crippen LogP contribution in [-0.4, -0.2) is 21.5 Å². The molecule has 0 amide bonds. The molecule has 1 fully saturated rings. The third-order valence-corrected chi connectivity index (χ3v) is 4.18. The molecule has 0 heterocycles. The van der Waals surface area contributed by atoms with Crippen LogP contribution in [0.4, 0.5) is 0 Å². The van der Waals surface area contributed by atoms with Crippen LogP contribution in [0.3, 0.4) is 0 Å². The SMILES string of the molecule is COc1cccc(S(=O)(=O)OC(=O)C2CCC2)c1. The minimum atomic E-state index is -4.04. The molecule has 1 saturated carbocycles. The second kappa shape index (κ2) is 4.97. The van der Waals surface area contributed by atoms with Crippen LogP contribution in [0, 0.1) is 5.92 Å². The number of carbonyl (C=O) groups is 1. The minimum absolute atomic E-state index is 0.0745. The number of rotatable bonds is 4. The van der Waals surface area contributed by atoms with Crippen LogP contribution in [0.1, 0.15) is 19.3 Å². The van der Waals surface area contributed by atoms with Crippen LogP contribution in [0.2, 0.25) is 0 Å². The second-order valence-corrected chi connectivity index (χ2v) is 5.71. The molecule has 2 rings (SSSR count). The summed E-state index contributed by atoms with van der Waals surface area (Å²) < 4.78 is 33.2. The topological polar surface area (TPSA) is 69.7 Å². The highest BCUT2D eigenvalue weighted by Gasteiger charge is 2.31. The molecule has 0 radical (unpaired) electrons. The Morgan fingerprint density at radius 1 is 1.33 bits per heavy atom. The van der Waals surface area contributed by atoms with Crippen LogP contribution in [-0.2, 0) is 19.1 Å². The number of hydrogen-bond donors (Lipinski definition) is 0. The molecular formula is C12H14O5S. The molecule has 6 heteroatoms. The first kappa shape index (κ1) is 12.9. The molecule has 0 saturated heterocycles. The number of methoxy groups -OCH3 is 1. The van der Waals surface area contributed by atoms with E-state index in [1.165, 1.54) is 25.3 Å². The number of benzene rings is 1. The maximum Gasteiger partial charge on any atom is 0.341 e. The standard InChI is InChI=1S/C12H14O5S/c1-16-10-6-3-7-11(8-10)18(14,15)17-12(13)9-4-2-5-9/h3,6-9H,2,4-5H2,1H3. The monoisotopic (exact) mass is 270 g/mol. The smallest absolute Gasteiger partial charge is 0.341 e. The Balaban J connectivity index is 2.16. The Kier molecular flexibility index (Phi) is 3.56. The van der Waals surface area contributed by atoms with Crippen LogP contribution < -0.4 is 4.74 Å². The molecule has 1 aliphatic rings. The molecule has 0 unspecified atom stereocenters. The van der Waals surface area contributed by atoms with Crippen molar-refractivity contribution in [2.45, 2.75) is 24.2 Å². The van der Waals surface area contributed by atoms with Crippen molar-refractivity contribution in [2.75, 3.05) is 7.11 Å². The summed E-state index contributed by atoms with van der Waals surface area (Å²) in [4.78, 5) is 11.5. The second-order valence-electron chi connectivity index (χ2n) is 4.16. The average Bonchev–Trinajstić information content (AvgIpc) is 2.26. The summed E-state index contributed by atoms with van der Waals surface area (Å²) in [6.07, 6.45) is 2.35. The molecule has 5 nitrogen and oxygen atoms in total. The molecule has 0 bridgehead atoms. The van der Waals surface area contributed by atoms with E-state index in [1.807, 2.05) is 0 Å². The maximum atomic E-state index is 11.9. The van der Waals surface area contributed by atoms with E-state index in [9.17, 15) is 13.2 Å². The van der Waals surface area contributed by atoms with Crippen LogP contribution in [0.15, 0.2) is 29.2 Å². The van der Waals surface area contributed by atoms with Gasteiger partial charge in [-0.2, -0.15) is 8.42 Å². The number of hydrogen-bond acceptors (Lipinski definition) is 5. The summed E-state index contributed by atoms with van der Waals surface area (Å²) in [7, 11) is -2.61. The average molecular weight is 270 g/mol. The van der Waals surface area contributed by atoms with Gasteiger partial charge < -0.3 is 8.92 Å². The summed E-state index contributed by atoms with van der Waals surface area (Å²) in [5.41, 5.74) is 0. The molecular weight excluding hydrogens is 256 g/mol. The highest BCUT2D eigenvalue weighted by atomic mass is 32.2. The maximum absolute atomic E-state index is 11.9. The van der Waals surface area contributed by atoms with Crippen molar-refractivity contribution in [2.24, 2.45) is 5.92 Å². The van der Waals surface area contributed by atoms with Crippen molar-refractivity contribution in [1.82, 2.24) is 0 Å². The van der Waals surface area contributed by atoms with Gasteiger partial charge in [0.05, 0.1) is 13.0 Å². The van der Waals surface area contributed by atoms with Crippen molar-refractivity contribution in [3.05, 3.63) is 24.3 Å². The quantitative estimate of drug-likeness (QED) is 0.779. The zero-order valence-corrected chi connectivity index (χ0v) is 10.8. The Morgan fingerprint density at radius 3 is 2.61 bits per heavy atom. The first-order chi connectivity index (χ1) is 8.53. The van der Waals surface area contributed by atoms with Crippen molar-refractivity contribution >= 4 is 16.1 Å². The third kappa shape index (κ3) is 2.64. The minimum Gasteiger partial charge on any atom is -0.497 e. The highest BCUT2D eigenvalue weighted by Crippen LogP contribution is 2.29. The molecule has 1 aliphatic carbocycles. The van der Waals surface area contributed by atoms with Crippen LogP contribution in [0.5, 0.6) is 5.75 Å². The Labute approximate surface area is 106 Å². The van der Waals surface area contributed by atoms with E-state index in [2.05, 4.69) is 4.18 Å². The molecule has 0 aromatic heterocycles. The summed E-state index contributed by atoms with van der Waals surface area (Å²) in [5, 5.41) is 0. The molecule has 0 spiro atoms. The molecule has 0 atom stereocenters. The lowest BCUT2D eigenvalue weighted by atomic mass is 9.86. The van der Waals surface area contributed by atoms with Gasteiger partial charge in [-0.3, -0.25) is 4.79 Å². The van der Waals surface area contributed by atoms with E-state index in [4.69, 9.17) is 4.74 Å². The first-order valence-electron chi connectivity index (χ1n) is 5.65. The Bertz CT molecular complexity index is 545. The fraction of sp³-hybridized carbons (Fsp3) is 0.417. The zero-order chi connectivity index (χ0) is 13.2. The molecule has 18 heavy (non-hydrogen) atoms. The van der Waals surface area contributed by atoms with Crippen molar-refractivity contribution < 1.29 is 22.1 Å². The largest absolute Gasteiger partial charge is 0.497 e. The third-order valence-electron chi connectivity index (χ3n) is 2.96. The van der Waals surface area contributed by atoms with Gasteiger partial charge in [0.1, 0.15) is 10.6 Å². The predicted molar refractivity (Wildman–Crippen MR) is 63.6 cm³/mol. The Hall–Kier alpha value is -1.56. The summed E-state index contributed by atoms with van der Waals surface area (Å²) >= 11 is 0. The fourth-order valence-corrected chi connectivity index (χ4v) is 2.58. The molecule has 1 aromatic rings. The van der Waals surface area contributed by atoms with E-state index >= 15 is 0 Å². The van der Waals surface area contributed by atoms with E-state index in [1.54, 1.807) is 6.07 Å². The lowest BCUT2D eigenvalue weighted by Gasteiger charge is -2.22. The van der Waals surface area contributed by atoms with E-state index in [-0.39, 0.29) is 10.8 Å². The van der Waals surface area contributed by atoms with E-state index in [0.29, 0.717) is 18.6 Å². The number of ether oxygens (including phenoxy) is 1. The summed E-state index contributed by atoms with van der Waals surface area (Å²) in [5.74, 6) is -0.537. The van der Waals surface area contributed by atoms with Crippen LogP contribution >= 0.6 is 0 Å². The van der Waals surface area contributed by atoms with Gasteiger partial charge >= 0.3 is 16.1 Å². The first-order valence-corrected chi connectivity index (χ1v) is 7.06. The fourth-order valence-electron chi connectivity index (χ4n) is 1.62. The zero-order valence-electron chi connectivity index (χ0n) is 9.96. The summed E-state index contributed by atoms with van der Waals surface area (Å²) in [6.45, 7) is 0. The van der Waals surface area contributed by atoms with Crippen molar-refractivity contribution in [3.8, 4) is 5.75 Å².